The normalized spacial score (nSPS) is 23.5. The highest BCUT2D eigenvalue weighted by Crippen LogP contribution is 2.40. The molecule has 2 saturated heterocycles. The molecule has 0 spiro atoms. The van der Waals surface area contributed by atoms with Crippen LogP contribution in [0.4, 0.5) is 11.8 Å². The first-order valence-corrected chi connectivity index (χ1v) is 15.1. The van der Waals surface area contributed by atoms with E-state index in [9.17, 15) is 15.3 Å². The van der Waals surface area contributed by atoms with E-state index in [1.54, 1.807) is 10.6 Å². The first-order valence-electron chi connectivity index (χ1n) is 15.1. The number of piperidine rings is 1. The predicted molar refractivity (Wildman–Crippen MR) is 160 cm³/mol. The van der Waals surface area contributed by atoms with E-state index >= 15 is 0 Å². The quantitative estimate of drug-likeness (QED) is 0.163. The third kappa shape index (κ3) is 6.50. The van der Waals surface area contributed by atoms with Crippen molar-refractivity contribution in [2.75, 3.05) is 43.4 Å². The number of aryl methyl sites for hydroxylation is 1. The molecule has 0 amide bonds. The van der Waals surface area contributed by atoms with E-state index in [0.717, 1.165) is 30.9 Å². The van der Waals surface area contributed by atoms with Crippen molar-refractivity contribution in [2.24, 2.45) is 0 Å². The average Bonchev–Trinajstić information content (AvgIpc) is 3.76. The van der Waals surface area contributed by atoms with Gasteiger partial charge in [-0.1, -0.05) is 48.8 Å². The summed E-state index contributed by atoms with van der Waals surface area (Å²) in [7, 11) is 0. The summed E-state index contributed by atoms with van der Waals surface area (Å²) in [6, 6.07) is 11.3. The minimum absolute atomic E-state index is 0.117. The number of likely N-dealkylation sites (tertiary alicyclic amines) is 1. The number of imidazole rings is 1. The molecule has 5 heterocycles. The summed E-state index contributed by atoms with van der Waals surface area (Å²) < 4.78 is 13.2. The molecule has 0 saturated carbocycles. The fourth-order valence-corrected chi connectivity index (χ4v) is 5.80. The van der Waals surface area contributed by atoms with Gasteiger partial charge in [0, 0.05) is 19.2 Å². The molecule has 0 radical (unpaired) electrons. The minimum atomic E-state index is -1.28. The Labute approximate surface area is 249 Å². The van der Waals surface area contributed by atoms with Gasteiger partial charge < -0.3 is 40.1 Å². The van der Waals surface area contributed by atoms with E-state index < -0.39 is 24.5 Å². The van der Waals surface area contributed by atoms with E-state index in [1.165, 1.54) is 25.6 Å². The van der Waals surface area contributed by atoms with Crippen LogP contribution in [-0.4, -0.2) is 95.9 Å². The Kier molecular flexibility index (Phi) is 9.14. The second kappa shape index (κ2) is 13.3. The van der Waals surface area contributed by atoms with E-state index in [1.807, 2.05) is 37.3 Å². The van der Waals surface area contributed by atoms with Crippen molar-refractivity contribution < 1.29 is 24.6 Å². The molecule has 2 aliphatic heterocycles. The van der Waals surface area contributed by atoms with Gasteiger partial charge in [0.15, 0.2) is 29.0 Å². The topological polar surface area (TPSA) is 167 Å². The lowest BCUT2D eigenvalue weighted by atomic mass is 10.1. The molecule has 230 valence electrons. The lowest BCUT2D eigenvalue weighted by Gasteiger charge is -2.26. The van der Waals surface area contributed by atoms with Crippen molar-refractivity contribution in [3.63, 3.8) is 0 Å². The van der Waals surface area contributed by atoms with E-state index in [2.05, 4.69) is 25.7 Å². The van der Waals surface area contributed by atoms with Crippen LogP contribution in [0.15, 0.2) is 47.2 Å². The monoisotopic (exact) mass is 592 g/mol. The van der Waals surface area contributed by atoms with Gasteiger partial charge in [0.25, 0.3) is 0 Å². The molecule has 5 atom stereocenters. The molecule has 1 unspecified atom stereocenters. The predicted octanol–water partition coefficient (Wildman–Crippen LogP) is 2.28. The maximum absolute atomic E-state index is 11.1. The van der Waals surface area contributed by atoms with Crippen LogP contribution in [-0.2, 0) is 17.6 Å². The standard InChI is InChI=1S/C30H40N8O5/c1-2-20-16-22(43-36-20)26-24(40)25(41)29(42-26)38-18-32-23-27(33-21(17-39)15-19-9-5-3-6-10-19)34-30(35-28(23)38)31-11-14-37-12-7-4-8-13-37/h3,5-6,9-10,16,18,21,24-26,29,39-41H,2,4,7-8,11-15,17H2,1H3,(H2,31,33,34,35)/t21?,24-,25+,26+,29+/m0/s1. The Balaban J connectivity index is 1.29. The number of nitrogens with one attached hydrogen (secondary N) is 2. The third-order valence-electron chi connectivity index (χ3n) is 8.20. The number of ether oxygens (including phenoxy) is 1. The number of nitrogens with zero attached hydrogens (tertiary/aromatic N) is 6. The Morgan fingerprint density at radius 2 is 1.88 bits per heavy atom. The largest absolute Gasteiger partial charge is 0.394 e. The van der Waals surface area contributed by atoms with Crippen molar-refractivity contribution in [1.82, 2.24) is 29.6 Å². The van der Waals surface area contributed by atoms with Gasteiger partial charge in [-0.2, -0.15) is 9.97 Å². The maximum atomic E-state index is 11.1. The highest BCUT2D eigenvalue weighted by Gasteiger charge is 2.47. The van der Waals surface area contributed by atoms with Gasteiger partial charge in [-0.15, -0.1) is 0 Å². The molecular formula is C30H40N8O5. The first-order chi connectivity index (χ1) is 21.0. The highest BCUT2D eigenvalue weighted by atomic mass is 16.6. The Morgan fingerprint density at radius 1 is 1.07 bits per heavy atom. The van der Waals surface area contributed by atoms with E-state index in [4.69, 9.17) is 19.2 Å². The van der Waals surface area contributed by atoms with Crippen molar-refractivity contribution in [1.29, 1.82) is 0 Å². The maximum Gasteiger partial charge on any atom is 0.226 e. The molecule has 43 heavy (non-hydrogen) atoms. The van der Waals surface area contributed by atoms with Crippen LogP contribution in [0.2, 0.25) is 0 Å². The lowest BCUT2D eigenvalue weighted by Crippen LogP contribution is -2.34. The fourth-order valence-electron chi connectivity index (χ4n) is 5.80. The number of hydrogen-bond acceptors (Lipinski definition) is 12. The molecular weight excluding hydrogens is 552 g/mol. The van der Waals surface area contributed by atoms with Crippen molar-refractivity contribution in [3.8, 4) is 0 Å². The molecule has 2 fully saturated rings. The highest BCUT2D eigenvalue weighted by molar-refractivity contribution is 5.84. The van der Waals surface area contributed by atoms with Crippen molar-refractivity contribution in [2.45, 2.75) is 69.6 Å². The Hall–Kier alpha value is -3.62. The van der Waals surface area contributed by atoms with Crippen LogP contribution in [0.5, 0.6) is 0 Å². The SMILES string of the molecule is CCc1cc([C@H]2O[C@@H](n3cnc4c(NC(CO)Cc5ccccc5)nc(NCCN5CCCCC5)nc43)[C@H](O)[C@@H]2O)on1. The zero-order chi connectivity index (χ0) is 29.8. The van der Waals surface area contributed by atoms with Crippen LogP contribution in [0.3, 0.4) is 0 Å². The Bertz CT molecular complexity index is 1470. The van der Waals surface area contributed by atoms with Crippen LogP contribution < -0.4 is 10.6 Å². The summed E-state index contributed by atoms with van der Waals surface area (Å²) in [5.41, 5.74) is 2.67. The Morgan fingerprint density at radius 3 is 2.63 bits per heavy atom. The summed E-state index contributed by atoms with van der Waals surface area (Å²) >= 11 is 0. The van der Waals surface area contributed by atoms with E-state index in [0.29, 0.717) is 48.1 Å². The average molecular weight is 593 g/mol. The first kappa shape index (κ1) is 29.5. The number of aliphatic hydroxyl groups excluding tert-OH is 3. The molecule has 2 aliphatic rings. The van der Waals surface area contributed by atoms with Gasteiger partial charge >= 0.3 is 0 Å². The lowest BCUT2D eigenvalue weighted by molar-refractivity contribution is -0.0434. The fraction of sp³-hybridized carbons (Fsp3) is 0.533. The van der Waals surface area contributed by atoms with E-state index in [-0.39, 0.29) is 12.6 Å². The summed E-state index contributed by atoms with van der Waals surface area (Å²) in [4.78, 5) is 16.5. The third-order valence-corrected chi connectivity index (χ3v) is 8.20. The summed E-state index contributed by atoms with van der Waals surface area (Å²) in [5, 5.41) is 42.9. The van der Waals surface area contributed by atoms with Gasteiger partial charge in [-0.25, -0.2) is 4.98 Å². The number of rotatable bonds is 12. The molecule has 0 bridgehead atoms. The number of benzene rings is 1. The molecule has 6 rings (SSSR count). The van der Waals surface area contributed by atoms with Crippen LogP contribution in [0, 0.1) is 0 Å². The van der Waals surface area contributed by atoms with Gasteiger partial charge in [-0.3, -0.25) is 4.57 Å². The molecule has 4 aromatic rings. The molecule has 13 heteroatoms. The second-order valence-electron chi connectivity index (χ2n) is 11.3. The minimum Gasteiger partial charge on any atom is -0.394 e. The molecule has 13 nitrogen and oxygen atoms in total. The number of aromatic nitrogens is 5. The van der Waals surface area contributed by atoms with Crippen LogP contribution in [0.25, 0.3) is 11.2 Å². The van der Waals surface area contributed by atoms with Crippen molar-refractivity contribution >= 4 is 22.9 Å². The summed E-state index contributed by atoms with van der Waals surface area (Å²) in [5.74, 6) is 1.18. The van der Waals surface area contributed by atoms with Gasteiger partial charge in [0.2, 0.25) is 5.95 Å². The van der Waals surface area contributed by atoms with Gasteiger partial charge in [-0.05, 0) is 44.3 Å². The zero-order valence-corrected chi connectivity index (χ0v) is 24.3. The molecule has 5 N–H and O–H groups in total. The van der Waals surface area contributed by atoms with Crippen LogP contribution in [0.1, 0.15) is 55.5 Å². The van der Waals surface area contributed by atoms with Gasteiger partial charge in [0.05, 0.1) is 24.7 Å². The number of anilines is 2. The second-order valence-corrected chi connectivity index (χ2v) is 11.3. The van der Waals surface area contributed by atoms with Crippen LogP contribution >= 0.6 is 0 Å². The van der Waals surface area contributed by atoms with Gasteiger partial charge in [0.1, 0.15) is 18.3 Å². The number of hydrogen-bond donors (Lipinski definition) is 5. The summed E-state index contributed by atoms with van der Waals surface area (Å²) in [6.45, 7) is 5.53. The molecule has 3 aromatic heterocycles. The number of fused-ring (bicyclic) bond motifs is 1. The molecule has 1 aromatic carbocycles. The molecule has 0 aliphatic carbocycles. The zero-order valence-electron chi connectivity index (χ0n) is 24.3. The smallest absolute Gasteiger partial charge is 0.226 e. The van der Waals surface area contributed by atoms with Crippen molar-refractivity contribution in [3.05, 3.63) is 59.7 Å². The summed E-state index contributed by atoms with van der Waals surface area (Å²) in [6.07, 6.45) is 2.06. The number of aliphatic hydroxyl groups is 3.